The molecule has 0 heterocycles. The van der Waals surface area contributed by atoms with Gasteiger partial charge in [-0.25, -0.2) is 13.1 Å². The average Bonchev–Trinajstić information content (AvgIpc) is 2.67. The molecule has 0 atom stereocenters. The molecule has 2 rings (SSSR count). The summed E-state index contributed by atoms with van der Waals surface area (Å²) in [6.07, 6.45) is 1.83. The predicted molar refractivity (Wildman–Crippen MR) is 113 cm³/mol. The van der Waals surface area contributed by atoms with E-state index in [1.165, 1.54) is 30.0 Å². The number of carbonyl (C=O) groups is 1. The zero-order valence-electron chi connectivity index (χ0n) is 16.7. The van der Waals surface area contributed by atoms with Crippen molar-refractivity contribution in [2.24, 2.45) is 0 Å². The molecule has 2 N–H and O–H groups in total. The largest absolute Gasteiger partial charge is 0.375 e. The predicted octanol–water partition coefficient (Wildman–Crippen LogP) is 3.02. The van der Waals surface area contributed by atoms with Gasteiger partial charge in [-0.2, -0.15) is 0 Å². The molecule has 0 aromatic heterocycles. The van der Waals surface area contributed by atoms with Crippen molar-refractivity contribution < 1.29 is 13.2 Å². The SMILES string of the molecule is CC(C)NS(=O)(=O)c1ccc(C(=O)NCCCCN(C)c2ccccc2)cc1. The van der Waals surface area contributed by atoms with E-state index >= 15 is 0 Å². The van der Waals surface area contributed by atoms with Crippen molar-refractivity contribution in [1.82, 2.24) is 10.0 Å². The van der Waals surface area contributed by atoms with Gasteiger partial charge < -0.3 is 10.2 Å². The number of sulfonamides is 1. The summed E-state index contributed by atoms with van der Waals surface area (Å²) in [6, 6.07) is 16.0. The van der Waals surface area contributed by atoms with Crippen LogP contribution in [0.3, 0.4) is 0 Å². The van der Waals surface area contributed by atoms with E-state index < -0.39 is 10.0 Å². The van der Waals surface area contributed by atoms with Crippen LogP contribution in [-0.4, -0.2) is 40.5 Å². The minimum atomic E-state index is -3.54. The summed E-state index contributed by atoms with van der Waals surface area (Å²) in [4.78, 5) is 14.6. The number of rotatable bonds is 10. The van der Waals surface area contributed by atoms with Crippen LogP contribution in [-0.2, 0) is 10.0 Å². The Balaban J connectivity index is 1.76. The number of benzene rings is 2. The highest BCUT2D eigenvalue weighted by atomic mass is 32.2. The van der Waals surface area contributed by atoms with Gasteiger partial charge >= 0.3 is 0 Å². The second-order valence-corrected chi connectivity index (χ2v) is 8.73. The van der Waals surface area contributed by atoms with Crippen LogP contribution in [0.1, 0.15) is 37.0 Å². The number of nitrogens with one attached hydrogen (secondary N) is 2. The third-order valence-corrected chi connectivity index (χ3v) is 5.89. The molecule has 0 aliphatic rings. The fourth-order valence-corrected chi connectivity index (χ4v) is 4.00. The molecule has 28 heavy (non-hydrogen) atoms. The van der Waals surface area contributed by atoms with E-state index in [-0.39, 0.29) is 16.8 Å². The van der Waals surface area contributed by atoms with Crippen molar-refractivity contribution in [3.05, 3.63) is 60.2 Å². The molecule has 0 unspecified atom stereocenters. The second-order valence-electron chi connectivity index (χ2n) is 7.02. The van der Waals surface area contributed by atoms with Crippen molar-refractivity contribution in [3.8, 4) is 0 Å². The van der Waals surface area contributed by atoms with Gasteiger partial charge in [0, 0.05) is 37.4 Å². The Bertz CT molecular complexity index is 850. The summed E-state index contributed by atoms with van der Waals surface area (Å²) in [5.41, 5.74) is 1.62. The van der Waals surface area contributed by atoms with Crippen LogP contribution in [0.5, 0.6) is 0 Å². The normalized spacial score (nSPS) is 11.4. The molecule has 0 spiro atoms. The number of amides is 1. The Labute approximate surface area is 168 Å². The zero-order chi connectivity index (χ0) is 20.6. The maximum absolute atomic E-state index is 12.2. The summed E-state index contributed by atoms with van der Waals surface area (Å²) >= 11 is 0. The van der Waals surface area contributed by atoms with Gasteiger partial charge in [0.05, 0.1) is 4.90 Å². The third kappa shape index (κ3) is 6.65. The molecule has 0 radical (unpaired) electrons. The minimum absolute atomic E-state index is 0.154. The quantitative estimate of drug-likeness (QED) is 0.598. The fourth-order valence-electron chi connectivity index (χ4n) is 2.75. The van der Waals surface area contributed by atoms with Crippen molar-refractivity contribution >= 4 is 21.6 Å². The van der Waals surface area contributed by atoms with Gasteiger partial charge in [-0.15, -0.1) is 0 Å². The minimum Gasteiger partial charge on any atom is -0.375 e. The highest BCUT2D eigenvalue weighted by molar-refractivity contribution is 7.89. The van der Waals surface area contributed by atoms with Crippen LogP contribution in [0, 0.1) is 0 Å². The summed E-state index contributed by atoms with van der Waals surface area (Å²) in [5.74, 6) is -0.197. The molecule has 0 aliphatic heterocycles. The van der Waals surface area contributed by atoms with Crippen molar-refractivity contribution in [3.63, 3.8) is 0 Å². The highest BCUT2D eigenvalue weighted by Gasteiger charge is 2.15. The molecule has 0 bridgehead atoms. The molecule has 152 valence electrons. The first-order valence-electron chi connectivity index (χ1n) is 9.46. The van der Waals surface area contributed by atoms with Gasteiger partial charge in [-0.05, 0) is 63.1 Å². The molecular weight excluding hydrogens is 374 g/mol. The third-order valence-electron chi connectivity index (χ3n) is 4.22. The maximum atomic E-state index is 12.2. The monoisotopic (exact) mass is 403 g/mol. The van der Waals surface area contributed by atoms with Crippen molar-refractivity contribution in [1.29, 1.82) is 0 Å². The Kier molecular flexibility index (Phi) is 8.02. The average molecular weight is 404 g/mol. The van der Waals surface area contributed by atoms with Crippen molar-refractivity contribution in [2.45, 2.75) is 37.6 Å². The number of anilines is 1. The number of hydrogen-bond acceptors (Lipinski definition) is 4. The van der Waals surface area contributed by atoms with E-state index in [2.05, 4.69) is 34.1 Å². The molecule has 6 nitrogen and oxygen atoms in total. The topological polar surface area (TPSA) is 78.5 Å². The molecule has 0 fully saturated rings. The number of carbonyl (C=O) groups excluding carboxylic acids is 1. The first-order valence-corrected chi connectivity index (χ1v) is 10.9. The first-order chi connectivity index (χ1) is 13.3. The van der Waals surface area contributed by atoms with Gasteiger partial charge in [0.1, 0.15) is 0 Å². The lowest BCUT2D eigenvalue weighted by atomic mass is 10.2. The Morgan fingerprint density at radius 1 is 1.00 bits per heavy atom. The number of unbranched alkanes of at least 4 members (excludes halogenated alkanes) is 1. The van der Waals surface area contributed by atoms with E-state index in [0.717, 1.165) is 19.4 Å². The van der Waals surface area contributed by atoms with Gasteiger partial charge in [-0.3, -0.25) is 4.79 Å². The number of hydrogen-bond donors (Lipinski definition) is 2. The number of nitrogens with zero attached hydrogens (tertiary/aromatic N) is 1. The number of para-hydroxylation sites is 1. The van der Waals surface area contributed by atoms with Crippen LogP contribution >= 0.6 is 0 Å². The Morgan fingerprint density at radius 3 is 2.25 bits per heavy atom. The highest BCUT2D eigenvalue weighted by Crippen LogP contribution is 2.12. The summed E-state index contributed by atoms with van der Waals surface area (Å²) in [7, 11) is -1.49. The van der Waals surface area contributed by atoms with Crippen LogP contribution in [0.4, 0.5) is 5.69 Å². The molecular formula is C21H29N3O3S. The molecule has 7 heteroatoms. The van der Waals surface area contributed by atoms with Gasteiger partial charge in [0.25, 0.3) is 5.91 Å². The van der Waals surface area contributed by atoms with E-state index in [1.807, 2.05) is 18.2 Å². The summed E-state index contributed by atoms with van der Waals surface area (Å²) in [5, 5.41) is 2.88. The van der Waals surface area contributed by atoms with Gasteiger partial charge in [0.2, 0.25) is 10.0 Å². The van der Waals surface area contributed by atoms with E-state index in [0.29, 0.717) is 12.1 Å². The zero-order valence-corrected chi connectivity index (χ0v) is 17.5. The molecule has 0 saturated heterocycles. The lowest BCUT2D eigenvalue weighted by Crippen LogP contribution is -2.30. The van der Waals surface area contributed by atoms with Crippen LogP contribution in [0.2, 0.25) is 0 Å². The molecule has 2 aromatic carbocycles. The fraction of sp³-hybridized carbons (Fsp3) is 0.381. The van der Waals surface area contributed by atoms with Crippen LogP contribution < -0.4 is 14.9 Å². The molecule has 0 saturated carbocycles. The van der Waals surface area contributed by atoms with E-state index in [4.69, 9.17) is 0 Å². The molecule has 2 aromatic rings. The standard InChI is InChI=1S/C21H29N3O3S/c1-17(2)23-28(26,27)20-13-11-18(12-14-20)21(25)22-15-7-8-16-24(3)19-9-5-4-6-10-19/h4-6,9-14,17,23H,7-8,15-16H2,1-3H3,(H,22,25). The van der Waals surface area contributed by atoms with Crippen molar-refractivity contribution in [2.75, 3.05) is 25.0 Å². The van der Waals surface area contributed by atoms with Gasteiger partial charge in [-0.1, -0.05) is 18.2 Å². The lowest BCUT2D eigenvalue weighted by Gasteiger charge is -2.19. The first kappa shape index (κ1) is 21.9. The lowest BCUT2D eigenvalue weighted by molar-refractivity contribution is 0.0953. The molecule has 0 aliphatic carbocycles. The Hall–Kier alpha value is -2.38. The maximum Gasteiger partial charge on any atom is 0.251 e. The Morgan fingerprint density at radius 2 is 1.64 bits per heavy atom. The van der Waals surface area contributed by atoms with Crippen LogP contribution in [0.15, 0.2) is 59.5 Å². The smallest absolute Gasteiger partial charge is 0.251 e. The van der Waals surface area contributed by atoms with E-state index in [9.17, 15) is 13.2 Å². The summed E-state index contributed by atoms with van der Waals surface area (Å²) < 4.78 is 26.7. The van der Waals surface area contributed by atoms with E-state index in [1.54, 1.807) is 13.8 Å². The van der Waals surface area contributed by atoms with Gasteiger partial charge in [0.15, 0.2) is 0 Å². The second kappa shape index (κ2) is 10.2. The van der Waals surface area contributed by atoms with Crippen LogP contribution in [0.25, 0.3) is 0 Å². The molecule has 1 amide bonds. The summed E-state index contributed by atoms with van der Waals surface area (Å²) in [6.45, 7) is 5.01.